The maximum atomic E-state index is 6.16. The van der Waals surface area contributed by atoms with E-state index >= 15 is 0 Å². The van der Waals surface area contributed by atoms with Crippen LogP contribution >= 0.6 is 0 Å². The number of nitrogens with zero attached hydrogens (tertiary/aromatic N) is 3. The summed E-state index contributed by atoms with van der Waals surface area (Å²) in [4.78, 5) is 8.32. The fourth-order valence-corrected chi connectivity index (χ4v) is 2.17. The van der Waals surface area contributed by atoms with E-state index in [0.29, 0.717) is 46.1 Å². The van der Waals surface area contributed by atoms with Crippen molar-refractivity contribution in [1.82, 2.24) is 15.1 Å². The molecule has 0 aliphatic rings. The molecular formula is C16H18N6O3. The van der Waals surface area contributed by atoms with Gasteiger partial charge in [-0.15, -0.1) is 0 Å². The largest absolute Gasteiger partial charge is 0.497 e. The first-order chi connectivity index (χ1) is 12.1. The minimum atomic E-state index is 0.334. The minimum Gasteiger partial charge on any atom is -0.497 e. The molecule has 25 heavy (non-hydrogen) atoms. The highest BCUT2D eigenvalue weighted by molar-refractivity contribution is 5.81. The highest BCUT2D eigenvalue weighted by Crippen LogP contribution is 2.34. The second-order valence-electron chi connectivity index (χ2n) is 5.12. The minimum absolute atomic E-state index is 0.334. The maximum Gasteiger partial charge on any atom is 0.175 e. The summed E-state index contributed by atoms with van der Waals surface area (Å²) in [6.45, 7) is 1.80. The van der Waals surface area contributed by atoms with Gasteiger partial charge in [-0.25, -0.2) is 9.97 Å². The molecule has 0 bridgehead atoms. The van der Waals surface area contributed by atoms with E-state index in [-0.39, 0.29) is 0 Å². The van der Waals surface area contributed by atoms with Crippen molar-refractivity contribution in [1.29, 1.82) is 0 Å². The number of nitrogens with two attached hydrogens (primary N) is 1. The molecule has 1 aromatic carbocycles. The maximum absolute atomic E-state index is 6.16. The van der Waals surface area contributed by atoms with Gasteiger partial charge in [0.2, 0.25) is 0 Å². The van der Waals surface area contributed by atoms with E-state index in [2.05, 4.69) is 25.8 Å². The van der Waals surface area contributed by atoms with Gasteiger partial charge in [-0.1, -0.05) is 5.16 Å². The zero-order valence-electron chi connectivity index (χ0n) is 14.0. The Morgan fingerprint density at radius 1 is 1.04 bits per heavy atom. The van der Waals surface area contributed by atoms with Gasteiger partial charge in [0, 0.05) is 12.1 Å². The van der Waals surface area contributed by atoms with Gasteiger partial charge in [-0.2, -0.15) is 0 Å². The molecule has 130 valence electrons. The second kappa shape index (κ2) is 6.95. The highest BCUT2D eigenvalue weighted by Gasteiger charge is 2.13. The smallest absolute Gasteiger partial charge is 0.175 e. The van der Waals surface area contributed by atoms with E-state index in [1.54, 1.807) is 39.3 Å². The summed E-state index contributed by atoms with van der Waals surface area (Å²) in [5, 5.41) is 9.98. The fraction of sp³-hybridized carbons (Fsp3) is 0.188. The van der Waals surface area contributed by atoms with Crippen molar-refractivity contribution in [3.05, 3.63) is 36.4 Å². The molecule has 0 spiro atoms. The molecule has 9 nitrogen and oxygen atoms in total. The third kappa shape index (κ3) is 3.55. The SMILES string of the molecule is COc1ccc(Nc2ncnc(Nc3cc(C)on3)c2N)c(OC)c1. The summed E-state index contributed by atoms with van der Waals surface area (Å²) in [6.07, 6.45) is 1.39. The van der Waals surface area contributed by atoms with Gasteiger partial charge in [0.05, 0.1) is 19.9 Å². The first-order valence-corrected chi connectivity index (χ1v) is 7.40. The topological polar surface area (TPSA) is 120 Å². The van der Waals surface area contributed by atoms with Crippen LogP contribution in [0.2, 0.25) is 0 Å². The molecule has 0 amide bonds. The van der Waals surface area contributed by atoms with Crippen LogP contribution in [0.15, 0.2) is 35.1 Å². The summed E-state index contributed by atoms with van der Waals surface area (Å²) < 4.78 is 15.6. The number of aromatic nitrogens is 3. The van der Waals surface area contributed by atoms with Gasteiger partial charge in [0.25, 0.3) is 0 Å². The lowest BCUT2D eigenvalue weighted by molar-refractivity contribution is 0.395. The van der Waals surface area contributed by atoms with Crippen LogP contribution in [0.4, 0.5) is 28.8 Å². The van der Waals surface area contributed by atoms with Crippen LogP contribution < -0.4 is 25.8 Å². The first-order valence-electron chi connectivity index (χ1n) is 7.40. The molecule has 2 heterocycles. The standard InChI is InChI=1S/C16H18N6O3/c1-9-6-13(22-25-9)21-16-14(17)15(18-8-19-16)20-11-5-4-10(23-2)7-12(11)24-3/h4-8H,17H2,1-3H3,(H2,18,19,20,21,22). The Kier molecular flexibility index (Phi) is 4.55. The van der Waals surface area contributed by atoms with Crippen molar-refractivity contribution in [2.75, 3.05) is 30.6 Å². The van der Waals surface area contributed by atoms with Crippen molar-refractivity contribution in [2.45, 2.75) is 6.92 Å². The zero-order chi connectivity index (χ0) is 17.8. The number of methoxy groups -OCH3 is 2. The Bertz CT molecular complexity index is 880. The van der Waals surface area contributed by atoms with Gasteiger partial charge in [-0.3, -0.25) is 0 Å². The molecule has 0 fully saturated rings. The van der Waals surface area contributed by atoms with E-state index in [1.165, 1.54) is 6.33 Å². The molecule has 2 aromatic heterocycles. The van der Waals surface area contributed by atoms with Gasteiger partial charge in [0.15, 0.2) is 17.5 Å². The Hall–Kier alpha value is -3.49. The number of benzene rings is 1. The van der Waals surface area contributed by atoms with Gasteiger partial charge < -0.3 is 30.4 Å². The highest BCUT2D eigenvalue weighted by atomic mass is 16.5. The fourth-order valence-electron chi connectivity index (χ4n) is 2.17. The van der Waals surface area contributed by atoms with Gasteiger partial charge in [0.1, 0.15) is 29.3 Å². The molecular weight excluding hydrogens is 324 g/mol. The number of hydrogen-bond acceptors (Lipinski definition) is 9. The first kappa shape index (κ1) is 16.4. The van der Waals surface area contributed by atoms with Crippen molar-refractivity contribution in [3.63, 3.8) is 0 Å². The van der Waals surface area contributed by atoms with Crippen LogP contribution in [0.1, 0.15) is 5.76 Å². The average molecular weight is 342 g/mol. The third-order valence-electron chi connectivity index (χ3n) is 3.42. The van der Waals surface area contributed by atoms with Crippen LogP contribution in [0.25, 0.3) is 0 Å². The monoisotopic (exact) mass is 342 g/mol. The number of ether oxygens (including phenoxy) is 2. The van der Waals surface area contributed by atoms with E-state index in [9.17, 15) is 0 Å². The number of anilines is 5. The molecule has 0 atom stereocenters. The molecule has 0 radical (unpaired) electrons. The Balaban J connectivity index is 1.87. The summed E-state index contributed by atoms with van der Waals surface area (Å²) in [5.41, 5.74) is 7.19. The van der Waals surface area contributed by atoms with Gasteiger partial charge in [-0.05, 0) is 19.1 Å². The molecule has 4 N–H and O–H groups in total. The predicted molar refractivity (Wildman–Crippen MR) is 93.8 cm³/mol. The molecule has 0 aliphatic carbocycles. The lowest BCUT2D eigenvalue weighted by Gasteiger charge is -2.14. The van der Waals surface area contributed by atoms with E-state index < -0.39 is 0 Å². The number of aryl methyl sites for hydroxylation is 1. The number of rotatable bonds is 6. The Morgan fingerprint density at radius 2 is 1.80 bits per heavy atom. The van der Waals surface area contributed by atoms with Crippen LogP contribution in [0.3, 0.4) is 0 Å². The molecule has 9 heteroatoms. The lowest BCUT2D eigenvalue weighted by Crippen LogP contribution is -2.06. The summed E-state index contributed by atoms with van der Waals surface area (Å²) in [6, 6.07) is 7.12. The van der Waals surface area contributed by atoms with Crippen LogP contribution in [-0.4, -0.2) is 29.3 Å². The quantitative estimate of drug-likeness (QED) is 0.621. The van der Waals surface area contributed by atoms with Crippen LogP contribution in [0, 0.1) is 6.92 Å². The second-order valence-corrected chi connectivity index (χ2v) is 5.12. The van der Waals surface area contributed by atoms with Crippen molar-refractivity contribution in [2.24, 2.45) is 0 Å². The number of nitrogens with one attached hydrogen (secondary N) is 2. The summed E-state index contributed by atoms with van der Waals surface area (Å²) >= 11 is 0. The normalized spacial score (nSPS) is 10.4. The van der Waals surface area contributed by atoms with E-state index in [4.69, 9.17) is 19.7 Å². The molecule has 3 rings (SSSR count). The molecule has 3 aromatic rings. The Morgan fingerprint density at radius 3 is 2.44 bits per heavy atom. The molecule has 0 unspecified atom stereocenters. The number of nitrogen functional groups attached to an aromatic ring is 1. The summed E-state index contributed by atoms with van der Waals surface area (Å²) in [7, 11) is 3.16. The van der Waals surface area contributed by atoms with Crippen molar-refractivity contribution < 1.29 is 14.0 Å². The van der Waals surface area contributed by atoms with Crippen LogP contribution in [0.5, 0.6) is 11.5 Å². The molecule has 0 saturated carbocycles. The van der Waals surface area contributed by atoms with E-state index in [1.807, 2.05) is 6.07 Å². The Labute approximate surface area is 144 Å². The molecule has 0 aliphatic heterocycles. The lowest BCUT2D eigenvalue weighted by atomic mass is 10.2. The molecule has 0 saturated heterocycles. The van der Waals surface area contributed by atoms with Crippen LogP contribution in [-0.2, 0) is 0 Å². The summed E-state index contributed by atoms with van der Waals surface area (Å²) in [5.74, 6) is 3.31. The zero-order valence-corrected chi connectivity index (χ0v) is 14.0. The average Bonchev–Trinajstić information content (AvgIpc) is 3.03. The van der Waals surface area contributed by atoms with E-state index in [0.717, 1.165) is 0 Å². The number of hydrogen-bond donors (Lipinski definition) is 3. The van der Waals surface area contributed by atoms with Crippen molar-refractivity contribution >= 4 is 28.8 Å². The predicted octanol–water partition coefficient (Wildman–Crippen LogP) is 2.86. The third-order valence-corrected chi connectivity index (χ3v) is 3.42. The van der Waals surface area contributed by atoms with Gasteiger partial charge >= 0.3 is 0 Å². The van der Waals surface area contributed by atoms with Crippen molar-refractivity contribution in [3.8, 4) is 11.5 Å².